The summed E-state index contributed by atoms with van der Waals surface area (Å²) in [6, 6.07) is 9.57. The Morgan fingerprint density at radius 1 is 1.38 bits per heavy atom. The van der Waals surface area contributed by atoms with Gasteiger partial charge in [0.1, 0.15) is 0 Å². The van der Waals surface area contributed by atoms with Crippen LogP contribution < -0.4 is 5.32 Å². The number of fused-ring (bicyclic) bond motifs is 1. The monoisotopic (exact) mass is 233 g/mol. The second-order valence-corrected chi connectivity index (χ2v) is 6.32. The zero-order valence-corrected chi connectivity index (χ0v) is 10.6. The maximum absolute atomic E-state index is 3.53. The first kappa shape index (κ1) is 10.7. The molecule has 1 nitrogen and oxygen atoms in total. The second kappa shape index (κ2) is 4.42. The van der Waals surface area contributed by atoms with Gasteiger partial charge in [-0.1, -0.05) is 31.0 Å². The van der Waals surface area contributed by atoms with Gasteiger partial charge >= 0.3 is 0 Å². The van der Waals surface area contributed by atoms with Crippen LogP contribution in [0.5, 0.6) is 0 Å². The Bertz CT molecular complexity index is 348. The first-order chi connectivity index (χ1) is 7.86. The van der Waals surface area contributed by atoms with E-state index in [1.165, 1.54) is 30.6 Å². The van der Waals surface area contributed by atoms with Crippen molar-refractivity contribution in [2.75, 3.05) is 7.05 Å². The molecule has 2 aliphatic rings. The smallest absolute Gasteiger partial charge is 0.0289 e. The number of benzene rings is 1. The SMILES string of the molecule is CNC(CC1CC1)C1Cc2ccccc2S1. The van der Waals surface area contributed by atoms with Crippen LogP contribution in [0.4, 0.5) is 0 Å². The van der Waals surface area contributed by atoms with Crippen LogP contribution in [0.3, 0.4) is 0 Å². The number of rotatable bonds is 4. The molecule has 1 fully saturated rings. The molecule has 3 rings (SSSR count). The van der Waals surface area contributed by atoms with Crippen molar-refractivity contribution in [2.24, 2.45) is 5.92 Å². The largest absolute Gasteiger partial charge is 0.316 e. The lowest BCUT2D eigenvalue weighted by molar-refractivity contribution is 0.477. The summed E-state index contributed by atoms with van der Waals surface area (Å²) in [4.78, 5) is 1.50. The maximum atomic E-state index is 3.53. The van der Waals surface area contributed by atoms with E-state index in [0.29, 0.717) is 6.04 Å². The molecule has 1 saturated carbocycles. The first-order valence-electron chi connectivity index (χ1n) is 6.28. The summed E-state index contributed by atoms with van der Waals surface area (Å²) in [5.41, 5.74) is 1.55. The maximum Gasteiger partial charge on any atom is 0.0289 e. The first-order valence-corrected chi connectivity index (χ1v) is 7.16. The minimum absolute atomic E-state index is 0.699. The van der Waals surface area contributed by atoms with Gasteiger partial charge in [-0.15, -0.1) is 11.8 Å². The third kappa shape index (κ3) is 2.14. The lowest BCUT2D eigenvalue weighted by atomic mass is 10.0. The molecule has 1 aliphatic heterocycles. The van der Waals surface area contributed by atoms with Crippen LogP contribution >= 0.6 is 11.8 Å². The van der Waals surface area contributed by atoms with E-state index in [-0.39, 0.29) is 0 Å². The Hall–Kier alpha value is -0.470. The molecule has 0 radical (unpaired) electrons. The molecule has 1 aromatic carbocycles. The molecule has 86 valence electrons. The standard InChI is InChI=1S/C14H19NS/c1-15-12(8-10-6-7-10)14-9-11-4-2-3-5-13(11)16-14/h2-5,10,12,14-15H,6-9H2,1H3. The molecule has 1 aromatic rings. The highest BCUT2D eigenvalue weighted by Gasteiger charge is 2.32. The van der Waals surface area contributed by atoms with Crippen LogP contribution in [0.1, 0.15) is 24.8 Å². The molecule has 2 unspecified atom stereocenters. The fraction of sp³-hybridized carbons (Fsp3) is 0.571. The minimum Gasteiger partial charge on any atom is -0.316 e. The third-order valence-corrected chi connectivity index (χ3v) is 5.23. The van der Waals surface area contributed by atoms with Crippen molar-refractivity contribution in [3.63, 3.8) is 0 Å². The van der Waals surface area contributed by atoms with Gasteiger partial charge in [-0.2, -0.15) is 0 Å². The van der Waals surface area contributed by atoms with Crippen LogP contribution in [0, 0.1) is 5.92 Å². The molecule has 0 aromatic heterocycles. The number of nitrogens with one attached hydrogen (secondary N) is 1. The van der Waals surface area contributed by atoms with Crippen molar-refractivity contribution in [3.8, 4) is 0 Å². The van der Waals surface area contributed by atoms with E-state index in [2.05, 4.69) is 48.4 Å². The lowest BCUT2D eigenvalue weighted by Crippen LogP contribution is -2.36. The van der Waals surface area contributed by atoms with Gasteiger partial charge in [-0.3, -0.25) is 0 Å². The molecule has 0 spiro atoms. The van der Waals surface area contributed by atoms with E-state index >= 15 is 0 Å². The van der Waals surface area contributed by atoms with E-state index in [1.54, 1.807) is 5.56 Å². The van der Waals surface area contributed by atoms with Crippen molar-refractivity contribution in [1.29, 1.82) is 0 Å². The van der Waals surface area contributed by atoms with Gasteiger partial charge in [0.2, 0.25) is 0 Å². The van der Waals surface area contributed by atoms with Crippen LogP contribution in [0.15, 0.2) is 29.2 Å². The Kier molecular flexibility index (Phi) is 2.95. The van der Waals surface area contributed by atoms with Crippen LogP contribution in [0.25, 0.3) is 0 Å². The molecule has 0 saturated heterocycles. The average Bonchev–Trinajstić information content (AvgIpc) is 3.02. The fourth-order valence-electron chi connectivity index (χ4n) is 2.60. The van der Waals surface area contributed by atoms with E-state index < -0.39 is 0 Å². The molecule has 2 atom stereocenters. The highest BCUT2D eigenvalue weighted by atomic mass is 32.2. The molecule has 1 aliphatic carbocycles. The van der Waals surface area contributed by atoms with Crippen molar-refractivity contribution >= 4 is 11.8 Å². The van der Waals surface area contributed by atoms with E-state index in [9.17, 15) is 0 Å². The quantitative estimate of drug-likeness (QED) is 0.857. The lowest BCUT2D eigenvalue weighted by Gasteiger charge is -2.22. The second-order valence-electron chi connectivity index (χ2n) is 5.04. The minimum atomic E-state index is 0.699. The summed E-state index contributed by atoms with van der Waals surface area (Å²) in [6.45, 7) is 0. The van der Waals surface area contributed by atoms with E-state index in [0.717, 1.165) is 11.2 Å². The fourth-order valence-corrected chi connectivity index (χ4v) is 4.06. The van der Waals surface area contributed by atoms with Gasteiger partial charge in [-0.25, -0.2) is 0 Å². The number of thioether (sulfide) groups is 1. The van der Waals surface area contributed by atoms with Gasteiger partial charge in [0, 0.05) is 16.2 Å². The molecule has 1 N–H and O–H groups in total. The van der Waals surface area contributed by atoms with Gasteiger partial charge < -0.3 is 5.32 Å². The Morgan fingerprint density at radius 2 is 2.19 bits per heavy atom. The van der Waals surface area contributed by atoms with Gasteiger partial charge in [0.25, 0.3) is 0 Å². The summed E-state index contributed by atoms with van der Waals surface area (Å²) >= 11 is 2.08. The van der Waals surface area contributed by atoms with Crippen LogP contribution in [-0.2, 0) is 6.42 Å². The zero-order valence-electron chi connectivity index (χ0n) is 9.78. The Balaban J connectivity index is 1.68. The van der Waals surface area contributed by atoms with E-state index in [4.69, 9.17) is 0 Å². The third-order valence-electron chi connectivity index (χ3n) is 3.78. The van der Waals surface area contributed by atoms with Gasteiger partial charge in [-0.05, 0) is 37.4 Å². The summed E-state index contributed by atoms with van der Waals surface area (Å²) in [5, 5.41) is 4.28. The van der Waals surface area contributed by atoms with Crippen molar-refractivity contribution in [2.45, 2.75) is 41.9 Å². The van der Waals surface area contributed by atoms with Crippen LogP contribution in [-0.4, -0.2) is 18.3 Å². The summed E-state index contributed by atoms with van der Waals surface area (Å²) in [6.07, 6.45) is 5.55. The molecule has 16 heavy (non-hydrogen) atoms. The highest BCUT2D eigenvalue weighted by molar-refractivity contribution is 8.00. The van der Waals surface area contributed by atoms with E-state index in [1.807, 2.05) is 0 Å². The highest BCUT2D eigenvalue weighted by Crippen LogP contribution is 2.42. The average molecular weight is 233 g/mol. The Morgan fingerprint density at radius 3 is 2.88 bits per heavy atom. The topological polar surface area (TPSA) is 12.0 Å². The predicted octanol–water partition coefficient (Wildman–Crippen LogP) is 3.09. The van der Waals surface area contributed by atoms with Gasteiger partial charge in [0.05, 0.1) is 0 Å². The summed E-state index contributed by atoms with van der Waals surface area (Å²) in [7, 11) is 2.12. The number of hydrogen-bond acceptors (Lipinski definition) is 2. The van der Waals surface area contributed by atoms with Crippen molar-refractivity contribution in [1.82, 2.24) is 5.32 Å². The molecular weight excluding hydrogens is 214 g/mol. The Labute approximate surface area is 102 Å². The van der Waals surface area contributed by atoms with Crippen molar-refractivity contribution < 1.29 is 0 Å². The molecule has 0 bridgehead atoms. The zero-order chi connectivity index (χ0) is 11.0. The molecular formula is C14H19NS. The molecule has 2 heteroatoms. The van der Waals surface area contributed by atoms with Gasteiger partial charge in [0.15, 0.2) is 0 Å². The number of hydrogen-bond donors (Lipinski definition) is 1. The molecule has 0 amide bonds. The summed E-state index contributed by atoms with van der Waals surface area (Å²) < 4.78 is 0. The predicted molar refractivity (Wildman–Crippen MR) is 70.0 cm³/mol. The molecule has 1 heterocycles. The normalized spacial score (nSPS) is 25.4. The summed E-state index contributed by atoms with van der Waals surface area (Å²) in [5.74, 6) is 1.02. The van der Waals surface area contributed by atoms with Crippen LogP contribution in [0.2, 0.25) is 0 Å². The van der Waals surface area contributed by atoms with Crippen molar-refractivity contribution in [3.05, 3.63) is 29.8 Å².